The van der Waals surface area contributed by atoms with Crippen molar-refractivity contribution in [2.45, 2.75) is 25.9 Å². The number of hydrogen-bond acceptors (Lipinski definition) is 5. The fourth-order valence-electron chi connectivity index (χ4n) is 2.15. The highest BCUT2D eigenvalue weighted by Crippen LogP contribution is 2.16. The first-order valence-corrected chi connectivity index (χ1v) is 6.42. The molecule has 0 aliphatic carbocycles. The maximum Gasteiger partial charge on any atom is 0.248 e. The summed E-state index contributed by atoms with van der Waals surface area (Å²) in [6.45, 7) is 3.30. The number of ether oxygens (including phenoxy) is 2. The lowest BCUT2D eigenvalue weighted by Gasteiger charge is -2.32. The van der Waals surface area contributed by atoms with Gasteiger partial charge in [-0.15, -0.1) is 0 Å². The number of likely N-dealkylation sites (tertiary alicyclic amines) is 1. The predicted molar refractivity (Wildman–Crippen MR) is 68.9 cm³/mol. The topological polar surface area (TPSA) is 64.5 Å². The quantitative estimate of drug-likeness (QED) is 0.805. The monoisotopic (exact) mass is 265 g/mol. The number of nitrogens with zero attached hydrogens (tertiary/aromatic N) is 3. The SMILES string of the molecule is COCC(=O)N1CCC[C@@H](Oc2ccnc(C)n2)C1. The van der Waals surface area contributed by atoms with Crippen LogP contribution in [0.25, 0.3) is 0 Å². The Morgan fingerprint density at radius 1 is 1.58 bits per heavy atom. The van der Waals surface area contributed by atoms with Gasteiger partial charge in [0, 0.05) is 25.9 Å². The Labute approximate surface area is 112 Å². The molecule has 1 aliphatic rings. The zero-order chi connectivity index (χ0) is 13.7. The lowest BCUT2D eigenvalue weighted by Crippen LogP contribution is -2.45. The van der Waals surface area contributed by atoms with Crippen molar-refractivity contribution in [1.29, 1.82) is 0 Å². The number of amides is 1. The minimum Gasteiger partial charge on any atom is -0.472 e. The highest BCUT2D eigenvalue weighted by atomic mass is 16.5. The van der Waals surface area contributed by atoms with Crippen molar-refractivity contribution in [2.24, 2.45) is 0 Å². The van der Waals surface area contributed by atoms with Crippen LogP contribution in [0.15, 0.2) is 12.3 Å². The molecule has 1 aromatic rings. The second kappa shape index (κ2) is 6.47. The van der Waals surface area contributed by atoms with Gasteiger partial charge < -0.3 is 14.4 Å². The van der Waals surface area contributed by atoms with Crippen molar-refractivity contribution in [3.05, 3.63) is 18.1 Å². The third-order valence-electron chi connectivity index (χ3n) is 3.04. The van der Waals surface area contributed by atoms with Crippen LogP contribution in [0, 0.1) is 6.92 Å². The summed E-state index contributed by atoms with van der Waals surface area (Å²) in [6.07, 6.45) is 3.53. The van der Waals surface area contributed by atoms with Gasteiger partial charge in [-0.2, -0.15) is 4.98 Å². The molecule has 2 heterocycles. The number of hydrogen-bond donors (Lipinski definition) is 0. The summed E-state index contributed by atoms with van der Waals surface area (Å²) >= 11 is 0. The summed E-state index contributed by atoms with van der Waals surface area (Å²) < 4.78 is 10.7. The molecule has 0 saturated carbocycles. The molecule has 0 radical (unpaired) electrons. The van der Waals surface area contributed by atoms with Gasteiger partial charge in [0.05, 0.1) is 6.54 Å². The first-order valence-electron chi connectivity index (χ1n) is 6.42. The van der Waals surface area contributed by atoms with Gasteiger partial charge >= 0.3 is 0 Å². The fourth-order valence-corrected chi connectivity index (χ4v) is 2.15. The van der Waals surface area contributed by atoms with Crippen LogP contribution in [0.2, 0.25) is 0 Å². The molecule has 6 nitrogen and oxygen atoms in total. The molecule has 0 unspecified atom stereocenters. The molecule has 19 heavy (non-hydrogen) atoms. The van der Waals surface area contributed by atoms with Crippen molar-refractivity contribution in [2.75, 3.05) is 26.8 Å². The maximum atomic E-state index is 11.8. The van der Waals surface area contributed by atoms with Gasteiger partial charge in [-0.1, -0.05) is 0 Å². The van der Waals surface area contributed by atoms with E-state index < -0.39 is 0 Å². The maximum absolute atomic E-state index is 11.8. The summed E-state index contributed by atoms with van der Waals surface area (Å²) in [4.78, 5) is 21.8. The number of aryl methyl sites for hydroxylation is 1. The third-order valence-corrected chi connectivity index (χ3v) is 3.04. The van der Waals surface area contributed by atoms with Gasteiger partial charge in [0.2, 0.25) is 11.8 Å². The van der Waals surface area contributed by atoms with E-state index in [9.17, 15) is 4.79 Å². The van der Waals surface area contributed by atoms with Crippen molar-refractivity contribution in [1.82, 2.24) is 14.9 Å². The van der Waals surface area contributed by atoms with E-state index in [4.69, 9.17) is 9.47 Å². The van der Waals surface area contributed by atoms with Gasteiger partial charge in [-0.3, -0.25) is 4.79 Å². The lowest BCUT2D eigenvalue weighted by molar-refractivity contribution is -0.137. The normalized spacial score (nSPS) is 19.3. The van der Waals surface area contributed by atoms with Crippen molar-refractivity contribution >= 4 is 5.91 Å². The molecule has 0 bridgehead atoms. The molecule has 6 heteroatoms. The zero-order valence-electron chi connectivity index (χ0n) is 11.3. The number of carbonyl (C=O) groups excluding carboxylic acids is 1. The molecule has 0 aromatic carbocycles. The molecule has 104 valence electrons. The number of methoxy groups -OCH3 is 1. The Hall–Kier alpha value is -1.69. The summed E-state index contributed by atoms with van der Waals surface area (Å²) in [5.41, 5.74) is 0. The molecular formula is C13H19N3O3. The minimum absolute atomic E-state index is 0.00895. The third kappa shape index (κ3) is 3.89. The molecular weight excluding hydrogens is 246 g/mol. The Morgan fingerprint density at radius 3 is 3.16 bits per heavy atom. The van der Waals surface area contributed by atoms with Crippen LogP contribution >= 0.6 is 0 Å². The van der Waals surface area contributed by atoms with Crippen LogP contribution in [0.3, 0.4) is 0 Å². The smallest absolute Gasteiger partial charge is 0.248 e. The average Bonchev–Trinajstić information content (AvgIpc) is 2.39. The van der Waals surface area contributed by atoms with E-state index in [0.717, 1.165) is 19.4 Å². The molecule has 1 fully saturated rings. The highest BCUT2D eigenvalue weighted by molar-refractivity contribution is 5.77. The van der Waals surface area contributed by atoms with Gasteiger partial charge in [-0.05, 0) is 19.8 Å². The highest BCUT2D eigenvalue weighted by Gasteiger charge is 2.24. The van der Waals surface area contributed by atoms with E-state index in [0.29, 0.717) is 18.2 Å². The number of rotatable bonds is 4. The Morgan fingerprint density at radius 2 is 2.42 bits per heavy atom. The van der Waals surface area contributed by atoms with E-state index in [1.54, 1.807) is 17.2 Å². The number of aromatic nitrogens is 2. The minimum atomic E-state index is -0.0103. The Bertz CT molecular complexity index is 439. The van der Waals surface area contributed by atoms with Crippen LogP contribution in [0.1, 0.15) is 18.7 Å². The predicted octanol–water partition coefficient (Wildman–Crippen LogP) is 0.801. The first-order chi connectivity index (χ1) is 9.19. The first kappa shape index (κ1) is 13.7. The van der Waals surface area contributed by atoms with E-state index in [-0.39, 0.29) is 18.6 Å². The van der Waals surface area contributed by atoms with E-state index >= 15 is 0 Å². The standard InChI is InChI=1S/C13H19N3O3/c1-10-14-6-5-12(15-10)19-11-4-3-7-16(8-11)13(17)9-18-2/h5-6,11H,3-4,7-9H2,1-2H3/t11-/m1/s1. The van der Waals surface area contributed by atoms with Crippen LogP contribution < -0.4 is 4.74 Å². The zero-order valence-corrected chi connectivity index (χ0v) is 11.3. The average molecular weight is 265 g/mol. The van der Waals surface area contributed by atoms with Gasteiger partial charge in [0.15, 0.2) is 0 Å². The van der Waals surface area contributed by atoms with Gasteiger partial charge in [-0.25, -0.2) is 4.98 Å². The summed E-state index contributed by atoms with van der Waals surface area (Å²) in [5.74, 6) is 1.26. The van der Waals surface area contributed by atoms with E-state index in [1.807, 2.05) is 6.92 Å². The fraction of sp³-hybridized carbons (Fsp3) is 0.615. The largest absolute Gasteiger partial charge is 0.472 e. The van der Waals surface area contributed by atoms with Crippen molar-refractivity contribution < 1.29 is 14.3 Å². The number of carbonyl (C=O) groups is 1. The van der Waals surface area contributed by atoms with Gasteiger partial charge in [0.25, 0.3) is 0 Å². The van der Waals surface area contributed by atoms with Crippen LogP contribution in [0.4, 0.5) is 0 Å². The molecule has 0 spiro atoms. The van der Waals surface area contributed by atoms with Crippen LogP contribution in [0.5, 0.6) is 5.88 Å². The number of piperidine rings is 1. The molecule has 1 aromatic heterocycles. The van der Waals surface area contributed by atoms with Gasteiger partial charge in [0.1, 0.15) is 18.5 Å². The van der Waals surface area contributed by atoms with Crippen molar-refractivity contribution in [3.63, 3.8) is 0 Å². The molecule has 1 saturated heterocycles. The second-order valence-electron chi connectivity index (χ2n) is 4.60. The summed E-state index contributed by atoms with van der Waals surface area (Å²) in [5, 5.41) is 0. The summed E-state index contributed by atoms with van der Waals surface area (Å²) in [7, 11) is 1.53. The Kier molecular flexibility index (Phi) is 4.68. The van der Waals surface area contributed by atoms with Crippen LogP contribution in [-0.4, -0.2) is 53.7 Å². The molecule has 2 rings (SSSR count). The van der Waals surface area contributed by atoms with E-state index in [1.165, 1.54) is 7.11 Å². The summed E-state index contributed by atoms with van der Waals surface area (Å²) in [6, 6.07) is 1.74. The van der Waals surface area contributed by atoms with Crippen LogP contribution in [-0.2, 0) is 9.53 Å². The molecule has 0 N–H and O–H groups in total. The molecule has 1 aliphatic heterocycles. The lowest BCUT2D eigenvalue weighted by atomic mass is 10.1. The van der Waals surface area contributed by atoms with Crippen molar-refractivity contribution in [3.8, 4) is 5.88 Å². The Balaban J connectivity index is 1.92. The van der Waals surface area contributed by atoms with E-state index in [2.05, 4.69) is 9.97 Å². The molecule has 1 amide bonds. The molecule has 1 atom stereocenters. The second-order valence-corrected chi connectivity index (χ2v) is 4.60.